The van der Waals surface area contributed by atoms with Gasteiger partial charge in [-0.05, 0) is 38.0 Å². The molecule has 2 unspecified atom stereocenters. The maximum atomic E-state index is 12.4. The number of likely N-dealkylation sites (tertiary alicyclic amines) is 1. The lowest BCUT2D eigenvalue weighted by atomic mass is 10.2. The van der Waals surface area contributed by atoms with Crippen LogP contribution in [0.2, 0.25) is 5.02 Å². The monoisotopic (exact) mass is 311 g/mol. The Kier molecular flexibility index (Phi) is 4.90. The maximum absolute atomic E-state index is 12.4. The van der Waals surface area contributed by atoms with E-state index in [0.29, 0.717) is 23.7 Å². The van der Waals surface area contributed by atoms with Crippen molar-refractivity contribution < 1.29 is 14.7 Å². The topological polar surface area (TPSA) is 88.2 Å². The first-order valence-corrected chi connectivity index (χ1v) is 7.11. The lowest BCUT2D eigenvalue weighted by Crippen LogP contribution is -2.48. The van der Waals surface area contributed by atoms with Crippen molar-refractivity contribution >= 4 is 23.3 Å². The van der Waals surface area contributed by atoms with Crippen LogP contribution in [0.25, 0.3) is 0 Å². The van der Waals surface area contributed by atoms with Crippen LogP contribution in [0.1, 0.15) is 19.8 Å². The lowest BCUT2D eigenvalue weighted by Gasteiger charge is -2.26. The summed E-state index contributed by atoms with van der Waals surface area (Å²) in [5, 5.41) is 12.3. The Morgan fingerprint density at radius 1 is 1.62 bits per heavy atom. The summed E-state index contributed by atoms with van der Waals surface area (Å²) in [7, 11) is 0. The molecule has 7 heteroatoms. The second kappa shape index (κ2) is 6.67. The van der Waals surface area contributed by atoms with Gasteiger partial charge in [0.2, 0.25) is 0 Å². The lowest BCUT2D eigenvalue weighted by molar-refractivity contribution is -0.137. The first-order chi connectivity index (χ1) is 10.0. The average Bonchev–Trinajstić information content (AvgIpc) is 2.95. The Hall–Kier alpha value is -1.95. The highest BCUT2D eigenvalue weighted by molar-refractivity contribution is 6.30. The molecular weight excluding hydrogens is 294 g/mol. The van der Waals surface area contributed by atoms with Crippen LogP contribution < -0.4 is 10.5 Å². The molecule has 6 nitrogen and oxygen atoms in total. The number of hydrogen-bond acceptors (Lipinski definition) is 4. The van der Waals surface area contributed by atoms with Gasteiger partial charge >= 0.3 is 0 Å². The average molecular weight is 312 g/mol. The number of amidine groups is 1. The van der Waals surface area contributed by atoms with Gasteiger partial charge in [-0.2, -0.15) is 0 Å². The van der Waals surface area contributed by atoms with Crippen molar-refractivity contribution in [1.82, 2.24) is 4.90 Å². The third kappa shape index (κ3) is 3.58. The molecule has 114 valence electrons. The molecule has 0 aliphatic carbocycles. The molecule has 0 saturated carbocycles. The molecule has 0 spiro atoms. The van der Waals surface area contributed by atoms with Crippen LogP contribution in [-0.2, 0) is 4.79 Å². The Labute approximate surface area is 128 Å². The van der Waals surface area contributed by atoms with E-state index in [1.807, 2.05) is 0 Å². The molecule has 2 atom stereocenters. The highest BCUT2D eigenvalue weighted by atomic mass is 35.5. The van der Waals surface area contributed by atoms with Crippen molar-refractivity contribution in [1.29, 1.82) is 0 Å². The quantitative estimate of drug-likeness (QED) is 0.384. The van der Waals surface area contributed by atoms with E-state index in [0.717, 1.165) is 6.42 Å². The van der Waals surface area contributed by atoms with Gasteiger partial charge in [0.25, 0.3) is 5.91 Å². The summed E-state index contributed by atoms with van der Waals surface area (Å²) in [6.07, 6.45) is 0.831. The van der Waals surface area contributed by atoms with E-state index in [2.05, 4.69) is 5.16 Å². The molecule has 21 heavy (non-hydrogen) atoms. The van der Waals surface area contributed by atoms with Crippen LogP contribution in [0.15, 0.2) is 29.4 Å². The molecule has 3 N–H and O–H groups in total. The molecule has 0 radical (unpaired) electrons. The van der Waals surface area contributed by atoms with Crippen LogP contribution >= 0.6 is 11.6 Å². The third-order valence-corrected chi connectivity index (χ3v) is 3.68. The summed E-state index contributed by atoms with van der Waals surface area (Å²) in [6.45, 7) is 2.24. The van der Waals surface area contributed by atoms with Crippen molar-refractivity contribution in [2.75, 3.05) is 6.54 Å². The fourth-order valence-corrected chi connectivity index (χ4v) is 2.61. The molecule has 1 saturated heterocycles. The number of halogens is 1. The van der Waals surface area contributed by atoms with Gasteiger partial charge in [-0.3, -0.25) is 4.79 Å². The molecule has 1 amide bonds. The summed E-state index contributed by atoms with van der Waals surface area (Å²) in [5.74, 6) is 0.391. The number of rotatable bonds is 4. The summed E-state index contributed by atoms with van der Waals surface area (Å²) >= 11 is 5.88. The number of oxime groups is 1. The largest absolute Gasteiger partial charge is 0.481 e. The zero-order valence-corrected chi connectivity index (χ0v) is 12.5. The Bertz CT molecular complexity index is 550. The third-order valence-electron chi connectivity index (χ3n) is 3.45. The summed E-state index contributed by atoms with van der Waals surface area (Å²) in [4.78, 5) is 14.0. The van der Waals surface area contributed by atoms with E-state index in [9.17, 15) is 4.79 Å². The van der Waals surface area contributed by atoms with Crippen molar-refractivity contribution in [2.24, 2.45) is 10.9 Å². The zero-order valence-electron chi connectivity index (χ0n) is 11.7. The normalized spacial score (nSPS) is 20.4. The fraction of sp³-hybridized carbons (Fsp3) is 0.429. The molecule has 1 heterocycles. The van der Waals surface area contributed by atoms with E-state index in [1.165, 1.54) is 0 Å². The number of ether oxygens (including phenoxy) is 1. The first-order valence-electron chi connectivity index (χ1n) is 6.73. The van der Waals surface area contributed by atoms with E-state index in [4.69, 9.17) is 27.3 Å². The van der Waals surface area contributed by atoms with Gasteiger partial charge in [0.05, 0.1) is 6.04 Å². The summed E-state index contributed by atoms with van der Waals surface area (Å²) in [5.41, 5.74) is 5.63. The molecular formula is C14H18ClN3O3. The number of carbonyl (C=O) groups is 1. The SMILES string of the molecule is CC(Oc1cccc(Cl)c1)C(=O)N1CCCC1C(N)=NO. The molecule has 1 aliphatic heterocycles. The number of nitrogens with zero attached hydrogens (tertiary/aromatic N) is 2. The van der Waals surface area contributed by atoms with Gasteiger partial charge in [-0.1, -0.05) is 22.8 Å². The van der Waals surface area contributed by atoms with Crippen molar-refractivity contribution in [3.05, 3.63) is 29.3 Å². The summed E-state index contributed by atoms with van der Waals surface area (Å²) < 4.78 is 5.61. The molecule has 1 aromatic carbocycles. The molecule has 1 aromatic rings. The first kappa shape index (κ1) is 15.4. The molecule has 0 bridgehead atoms. The highest BCUT2D eigenvalue weighted by Gasteiger charge is 2.34. The smallest absolute Gasteiger partial charge is 0.263 e. The number of amides is 1. The standard InChI is InChI=1S/C14H18ClN3O3/c1-9(21-11-5-2-4-10(15)8-11)14(19)18-7-3-6-12(18)13(16)17-20/h2,4-5,8-9,12,20H,3,6-7H2,1H3,(H2,16,17). The van der Waals surface area contributed by atoms with Crippen LogP contribution in [0.5, 0.6) is 5.75 Å². The van der Waals surface area contributed by atoms with Gasteiger partial charge < -0.3 is 20.6 Å². The van der Waals surface area contributed by atoms with Gasteiger partial charge in [0, 0.05) is 11.6 Å². The van der Waals surface area contributed by atoms with E-state index >= 15 is 0 Å². The molecule has 0 aromatic heterocycles. The van der Waals surface area contributed by atoms with Gasteiger partial charge in [0.15, 0.2) is 11.9 Å². The minimum atomic E-state index is -0.671. The molecule has 1 aliphatic rings. The van der Waals surface area contributed by atoms with Gasteiger partial charge in [-0.15, -0.1) is 0 Å². The number of benzene rings is 1. The summed E-state index contributed by atoms with van der Waals surface area (Å²) in [6, 6.07) is 6.50. The minimum absolute atomic E-state index is 0.0517. The Morgan fingerprint density at radius 2 is 2.38 bits per heavy atom. The number of carbonyl (C=O) groups excluding carboxylic acids is 1. The predicted octanol–water partition coefficient (Wildman–Crippen LogP) is 1.84. The Morgan fingerprint density at radius 3 is 3.05 bits per heavy atom. The van der Waals surface area contributed by atoms with E-state index in [-0.39, 0.29) is 17.8 Å². The Balaban J connectivity index is 2.05. The number of hydrogen-bond donors (Lipinski definition) is 2. The molecule has 2 rings (SSSR count). The van der Waals surface area contributed by atoms with Crippen LogP contribution in [0.4, 0.5) is 0 Å². The van der Waals surface area contributed by atoms with Gasteiger partial charge in [-0.25, -0.2) is 0 Å². The van der Waals surface area contributed by atoms with Crippen molar-refractivity contribution in [3.8, 4) is 5.75 Å². The van der Waals surface area contributed by atoms with Crippen LogP contribution in [0.3, 0.4) is 0 Å². The fourth-order valence-electron chi connectivity index (χ4n) is 2.43. The molecule has 1 fully saturated rings. The predicted molar refractivity (Wildman–Crippen MR) is 79.7 cm³/mol. The van der Waals surface area contributed by atoms with Crippen molar-refractivity contribution in [2.45, 2.75) is 31.9 Å². The second-order valence-electron chi connectivity index (χ2n) is 4.93. The van der Waals surface area contributed by atoms with Gasteiger partial charge in [0.1, 0.15) is 5.75 Å². The minimum Gasteiger partial charge on any atom is -0.481 e. The zero-order chi connectivity index (χ0) is 15.4. The van der Waals surface area contributed by atoms with Crippen LogP contribution in [0, 0.1) is 0 Å². The van der Waals surface area contributed by atoms with E-state index in [1.54, 1.807) is 36.1 Å². The van der Waals surface area contributed by atoms with E-state index < -0.39 is 6.10 Å². The number of nitrogens with two attached hydrogens (primary N) is 1. The second-order valence-corrected chi connectivity index (χ2v) is 5.37. The van der Waals surface area contributed by atoms with Crippen molar-refractivity contribution in [3.63, 3.8) is 0 Å². The maximum Gasteiger partial charge on any atom is 0.263 e. The highest BCUT2D eigenvalue weighted by Crippen LogP contribution is 2.22. The van der Waals surface area contributed by atoms with Crippen LogP contribution in [-0.4, -0.2) is 40.5 Å².